The first kappa shape index (κ1) is 14.6. The van der Waals surface area contributed by atoms with Gasteiger partial charge in [-0.2, -0.15) is 0 Å². The zero-order chi connectivity index (χ0) is 14.2. The van der Waals surface area contributed by atoms with Crippen LogP contribution in [0, 0.1) is 0 Å². The highest BCUT2D eigenvalue weighted by Gasteiger charge is 2.15. The van der Waals surface area contributed by atoms with Gasteiger partial charge in [-0.3, -0.25) is 10.1 Å². The van der Waals surface area contributed by atoms with Gasteiger partial charge in [0.15, 0.2) is 5.76 Å². The van der Waals surface area contributed by atoms with Crippen LogP contribution in [0.4, 0.5) is 0 Å². The van der Waals surface area contributed by atoms with Gasteiger partial charge in [-0.25, -0.2) is 4.99 Å². The summed E-state index contributed by atoms with van der Waals surface area (Å²) in [6, 6.07) is 3.55. The minimum Gasteiger partial charge on any atom is -0.465 e. The number of amidine groups is 1. The maximum Gasteiger partial charge on any atom is 0.294 e. The van der Waals surface area contributed by atoms with Crippen LogP contribution in [0.1, 0.15) is 30.3 Å². The molecule has 0 atom stereocenters. The minimum absolute atomic E-state index is 0.252. The molecule has 1 fully saturated rings. The first-order valence-corrected chi connectivity index (χ1v) is 7.15. The number of hydrogen-bond donors (Lipinski definition) is 2. The number of carbonyl (C=O) groups excluding carboxylic acids is 1. The van der Waals surface area contributed by atoms with Gasteiger partial charge in [-0.1, -0.05) is 0 Å². The monoisotopic (exact) mass is 280 g/mol. The normalized spacial score (nSPS) is 16.4. The summed E-state index contributed by atoms with van der Waals surface area (Å²) >= 11 is 0. The Morgan fingerprint density at radius 1 is 1.50 bits per heavy atom. The highest BCUT2D eigenvalue weighted by molar-refractivity contribution is 6.02. The van der Waals surface area contributed by atoms with E-state index < -0.39 is 0 Å². The van der Waals surface area contributed by atoms with E-state index in [2.05, 4.69) is 10.3 Å². The smallest absolute Gasteiger partial charge is 0.294 e. The number of hydrogen-bond acceptors (Lipinski definition) is 4. The Hall–Kier alpha value is -1.82. The van der Waals surface area contributed by atoms with Gasteiger partial charge in [0.05, 0.1) is 39.0 Å². The number of furan rings is 1. The molecule has 6 heteroatoms. The van der Waals surface area contributed by atoms with E-state index in [-0.39, 0.29) is 17.7 Å². The molecule has 1 amide bonds. The van der Waals surface area contributed by atoms with Crippen molar-refractivity contribution in [3.63, 3.8) is 0 Å². The Labute approximate surface area is 118 Å². The van der Waals surface area contributed by atoms with Crippen LogP contribution >= 0.6 is 0 Å². The molecule has 2 N–H and O–H groups in total. The third-order valence-corrected chi connectivity index (χ3v) is 3.28. The van der Waals surface area contributed by atoms with Crippen molar-refractivity contribution in [3.05, 3.63) is 24.2 Å². The lowest BCUT2D eigenvalue weighted by Crippen LogP contribution is -3.10. The van der Waals surface area contributed by atoms with Crippen LogP contribution in [0.5, 0.6) is 0 Å². The number of ether oxygens (including phenoxy) is 1. The summed E-state index contributed by atoms with van der Waals surface area (Å²) in [4.78, 5) is 17.7. The molecule has 6 nitrogen and oxygen atoms in total. The second kappa shape index (κ2) is 7.69. The molecule has 2 rings (SSSR count). The molecule has 1 aromatic heterocycles. The molecule has 0 unspecified atom stereocenters. The number of likely N-dealkylation sites (tertiary alicyclic amines) is 1. The number of aliphatic imine (C=N–C) groups is 1. The van der Waals surface area contributed by atoms with E-state index in [0.717, 1.165) is 6.54 Å². The number of carbonyl (C=O) groups is 1. The van der Waals surface area contributed by atoms with Crippen molar-refractivity contribution in [2.45, 2.75) is 19.8 Å². The quantitative estimate of drug-likeness (QED) is 0.593. The molecule has 0 aliphatic carbocycles. The van der Waals surface area contributed by atoms with Crippen LogP contribution in [-0.4, -0.2) is 44.7 Å². The number of nitrogens with one attached hydrogen (secondary N) is 2. The summed E-state index contributed by atoms with van der Waals surface area (Å²) in [5.74, 6) is -0.0849. The number of amides is 1. The predicted octanol–water partition coefficient (Wildman–Crippen LogP) is 0.0806. The SMILES string of the molecule is CCOC(=NCC[NH+]1CCCC1)NC(=O)c1ccco1. The van der Waals surface area contributed by atoms with Crippen LogP contribution in [0.15, 0.2) is 27.8 Å². The third-order valence-electron chi connectivity index (χ3n) is 3.28. The number of rotatable bonds is 5. The fourth-order valence-electron chi connectivity index (χ4n) is 2.27. The molecule has 1 aromatic rings. The van der Waals surface area contributed by atoms with E-state index in [1.807, 2.05) is 6.92 Å². The molecule has 0 spiro atoms. The summed E-state index contributed by atoms with van der Waals surface area (Å²) in [7, 11) is 0. The largest absolute Gasteiger partial charge is 0.465 e. The van der Waals surface area contributed by atoms with E-state index in [9.17, 15) is 4.79 Å². The zero-order valence-corrected chi connectivity index (χ0v) is 11.9. The molecule has 0 bridgehead atoms. The van der Waals surface area contributed by atoms with Crippen molar-refractivity contribution in [2.75, 3.05) is 32.8 Å². The van der Waals surface area contributed by atoms with Gasteiger partial charge in [0, 0.05) is 12.8 Å². The molecule has 2 heterocycles. The molecule has 20 heavy (non-hydrogen) atoms. The lowest BCUT2D eigenvalue weighted by molar-refractivity contribution is -0.885. The molecular weight excluding hydrogens is 258 g/mol. The van der Waals surface area contributed by atoms with Crippen LogP contribution in [-0.2, 0) is 4.74 Å². The van der Waals surface area contributed by atoms with E-state index in [1.54, 1.807) is 17.0 Å². The van der Waals surface area contributed by atoms with Crippen molar-refractivity contribution in [1.82, 2.24) is 5.32 Å². The van der Waals surface area contributed by atoms with Crippen LogP contribution in [0.3, 0.4) is 0 Å². The maximum absolute atomic E-state index is 11.8. The van der Waals surface area contributed by atoms with E-state index in [0.29, 0.717) is 13.2 Å². The molecular formula is C14H22N3O3+. The summed E-state index contributed by atoms with van der Waals surface area (Å²) in [6.07, 6.45) is 4.06. The fraction of sp³-hybridized carbons (Fsp3) is 0.571. The number of quaternary nitrogens is 1. The highest BCUT2D eigenvalue weighted by Crippen LogP contribution is 1.99. The molecule has 110 valence electrons. The van der Waals surface area contributed by atoms with E-state index in [4.69, 9.17) is 9.15 Å². The topological polar surface area (TPSA) is 68.3 Å². The summed E-state index contributed by atoms with van der Waals surface area (Å²) in [5, 5.41) is 2.63. The molecule has 1 saturated heterocycles. The van der Waals surface area contributed by atoms with Crippen molar-refractivity contribution < 1.29 is 18.8 Å². The van der Waals surface area contributed by atoms with Gasteiger partial charge in [0.2, 0.25) is 0 Å². The molecule has 0 radical (unpaired) electrons. The lowest BCUT2D eigenvalue weighted by atomic mass is 10.4. The van der Waals surface area contributed by atoms with Gasteiger partial charge in [-0.15, -0.1) is 0 Å². The summed E-state index contributed by atoms with van der Waals surface area (Å²) in [6.45, 7) is 6.40. The fourth-order valence-corrected chi connectivity index (χ4v) is 2.27. The first-order chi connectivity index (χ1) is 9.79. The minimum atomic E-state index is -0.337. The predicted molar refractivity (Wildman–Crippen MR) is 74.9 cm³/mol. The number of nitrogens with zero attached hydrogens (tertiary/aromatic N) is 1. The highest BCUT2D eigenvalue weighted by atomic mass is 16.5. The summed E-state index contributed by atoms with van der Waals surface area (Å²) in [5.41, 5.74) is 0. The average Bonchev–Trinajstić information content (AvgIpc) is 3.12. The Kier molecular flexibility index (Phi) is 5.61. The lowest BCUT2D eigenvalue weighted by Gasteiger charge is -2.11. The van der Waals surface area contributed by atoms with Crippen molar-refractivity contribution in [3.8, 4) is 0 Å². The zero-order valence-electron chi connectivity index (χ0n) is 11.9. The van der Waals surface area contributed by atoms with E-state index >= 15 is 0 Å². The molecule has 0 saturated carbocycles. The van der Waals surface area contributed by atoms with Gasteiger partial charge < -0.3 is 14.1 Å². The van der Waals surface area contributed by atoms with Crippen molar-refractivity contribution in [1.29, 1.82) is 0 Å². The Morgan fingerprint density at radius 3 is 2.95 bits per heavy atom. The molecule has 1 aliphatic heterocycles. The Morgan fingerprint density at radius 2 is 2.30 bits per heavy atom. The van der Waals surface area contributed by atoms with Crippen molar-refractivity contribution >= 4 is 11.9 Å². The molecule has 0 aromatic carbocycles. The second-order valence-corrected chi connectivity index (χ2v) is 4.76. The standard InChI is InChI=1S/C14H21N3O3/c1-2-19-14(15-7-10-17-8-3-4-9-17)16-13(18)12-6-5-11-20-12/h5-6,11H,2-4,7-10H2,1H3,(H,15,16,18)/p+1. The third kappa shape index (κ3) is 4.38. The van der Waals surface area contributed by atoms with Gasteiger partial charge in [-0.05, 0) is 19.1 Å². The van der Waals surface area contributed by atoms with Gasteiger partial charge >= 0.3 is 0 Å². The summed E-state index contributed by atoms with van der Waals surface area (Å²) < 4.78 is 10.4. The van der Waals surface area contributed by atoms with Crippen LogP contribution in [0.2, 0.25) is 0 Å². The van der Waals surface area contributed by atoms with Crippen LogP contribution in [0.25, 0.3) is 0 Å². The molecule has 1 aliphatic rings. The van der Waals surface area contributed by atoms with Crippen LogP contribution < -0.4 is 10.2 Å². The second-order valence-electron chi connectivity index (χ2n) is 4.76. The average molecular weight is 280 g/mol. The van der Waals surface area contributed by atoms with Gasteiger partial charge in [0.1, 0.15) is 0 Å². The van der Waals surface area contributed by atoms with E-state index in [1.165, 1.54) is 32.2 Å². The Bertz CT molecular complexity index is 437. The van der Waals surface area contributed by atoms with Gasteiger partial charge in [0.25, 0.3) is 11.9 Å². The first-order valence-electron chi connectivity index (χ1n) is 7.15. The Balaban J connectivity index is 1.83. The van der Waals surface area contributed by atoms with Crippen molar-refractivity contribution in [2.24, 2.45) is 4.99 Å². The maximum atomic E-state index is 11.8.